The van der Waals surface area contributed by atoms with E-state index in [-0.39, 0.29) is 18.5 Å². The molecule has 0 spiro atoms. The van der Waals surface area contributed by atoms with E-state index in [1.54, 1.807) is 24.3 Å². The number of amidine groups is 1. The fourth-order valence-corrected chi connectivity index (χ4v) is 1.31. The summed E-state index contributed by atoms with van der Waals surface area (Å²) in [5.74, 6) is 0.408. The van der Waals surface area contributed by atoms with Gasteiger partial charge in [0, 0.05) is 6.20 Å². The van der Waals surface area contributed by atoms with Crippen LogP contribution in [0.25, 0.3) is 0 Å². The van der Waals surface area contributed by atoms with Crippen LogP contribution in [0, 0.1) is 5.41 Å². The van der Waals surface area contributed by atoms with E-state index in [0.29, 0.717) is 11.4 Å². The SMILES string of the molecule is N=C(N)c1ccnc(Oc2ccc(CO)cc2)n1. The Labute approximate surface area is 104 Å². The van der Waals surface area contributed by atoms with E-state index < -0.39 is 0 Å². The Morgan fingerprint density at radius 2 is 2.00 bits per heavy atom. The van der Waals surface area contributed by atoms with Gasteiger partial charge in [0.1, 0.15) is 17.3 Å². The lowest BCUT2D eigenvalue weighted by Gasteiger charge is -2.05. The predicted molar refractivity (Wildman–Crippen MR) is 65.5 cm³/mol. The molecule has 1 heterocycles. The number of ether oxygens (including phenoxy) is 1. The third-order valence-corrected chi connectivity index (χ3v) is 2.22. The average molecular weight is 244 g/mol. The van der Waals surface area contributed by atoms with Crippen LogP contribution in [-0.2, 0) is 6.61 Å². The van der Waals surface area contributed by atoms with Crippen molar-refractivity contribution in [3.8, 4) is 11.8 Å². The van der Waals surface area contributed by atoms with Gasteiger partial charge in [0.05, 0.1) is 6.61 Å². The van der Waals surface area contributed by atoms with Crippen molar-refractivity contribution in [2.75, 3.05) is 0 Å². The highest BCUT2D eigenvalue weighted by Crippen LogP contribution is 2.18. The molecule has 0 saturated carbocycles. The number of nitrogens with zero attached hydrogens (tertiary/aromatic N) is 2. The number of nitrogen functional groups attached to an aromatic ring is 1. The number of aliphatic hydroxyl groups excluding tert-OH is 1. The first-order chi connectivity index (χ1) is 8.69. The molecular formula is C12H12N4O2. The minimum absolute atomic E-state index is 0.0173. The summed E-state index contributed by atoms with van der Waals surface area (Å²) in [6.45, 7) is -0.0173. The van der Waals surface area contributed by atoms with Crippen molar-refractivity contribution in [2.45, 2.75) is 6.61 Å². The van der Waals surface area contributed by atoms with Crippen molar-refractivity contribution < 1.29 is 9.84 Å². The standard InChI is InChI=1S/C12H12N4O2/c13-11(14)10-5-6-15-12(16-10)18-9-3-1-8(7-17)2-4-9/h1-6,17H,7H2,(H3,13,14). The minimum atomic E-state index is -0.141. The summed E-state index contributed by atoms with van der Waals surface area (Å²) in [6.07, 6.45) is 1.47. The number of nitrogens with one attached hydrogen (secondary N) is 1. The quantitative estimate of drug-likeness (QED) is 0.550. The van der Waals surface area contributed by atoms with Crippen LogP contribution >= 0.6 is 0 Å². The Hall–Kier alpha value is -2.47. The second kappa shape index (κ2) is 5.24. The molecule has 4 N–H and O–H groups in total. The molecular weight excluding hydrogens is 232 g/mol. The molecule has 2 rings (SSSR count). The zero-order chi connectivity index (χ0) is 13.0. The summed E-state index contributed by atoms with van der Waals surface area (Å²) in [5, 5.41) is 16.2. The van der Waals surface area contributed by atoms with Gasteiger partial charge in [-0.25, -0.2) is 4.98 Å². The molecule has 1 aromatic heterocycles. The lowest BCUT2D eigenvalue weighted by molar-refractivity contribution is 0.281. The summed E-state index contributed by atoms with van der Waals surface area (Å²) in [5.41, 5.74) is 6.43. The lowest BCUT2D eigenvalue weighted by Crippen LogP contribution is -2.13. The zero-order valence-electron chi connectivity index (χ0n) is 9.50. The molecule has 0 unspecified atom stereocenters. The highest BCUT2D eigenvalue weighted by Gasteiger charge is 2.04. The van der Waals surface area contributed by atoms with Crippen molar-refractivity contribution in [1.82, 2.24) is 9.97 Å². The van der Waals surface area contributed by atoms with Gasteiger partial charge in [-0.05, 0) is 23.8 Å². The maximum Gasteiger partial charge on any atom is 0.322 e. The molecule has 2 aromatic rings. The van der Waals surface area contributed by atoms with Gasteiger partial charge in [-0.15, -0.1) is 0 Å². The smallest absolute Gasteiger partial charge is 0.322 e. The maximum absolute atomic E-state index is 8.91. The molecule has 6 heteroatoms. The zero-order valence-corrected chi connectivity index (χ0v) is 9.50. The Kier molecular flexibility index (Phi) is 3.49. The van der Waals surface area contributed by atoms with E-state index in [9.17, 15) is 0 Å². The summed E-state index contributed by atoms with van der Waals surface area (Å²) < 4.78 is 5.41. The van der Waals surface area contributed by atoms with Gasteiger partial charge in [-0.1, -0.05) is 12.1 Å². The molecule has 18 heavy (non-hydrogen) atoms. The van der Waals surface area contributed by atoms with Gasteiger partial charge in [0.15, 0.2) is 0 Å². The first kappa shape index (κ1) is 12.0. The van der Waals surface area contributed by atoms with Crippen LogP contribution < -0.4 is 10.5 Å². The van der Waals surface area contributed by atoms with Crippen molar-refractivity contribution in [1.29, 1.82) is 5.41 Å². The fraction of sp³-hybridized carbons (Fsp3) is 0.0833. The van der Waals surface area contributed by atoms with Gasteiger partial charge >= 0.3 is 6.01 Å². The number of benzene rings is 1. The lowest BCUT2D eigenvalue weighted by atomic mass is 10.2. The van der Waals surface area contributed by atoms with Gasteiger partial charge in [0.25, 0.3) is 0 Å². The van der Waals surface area contributed by atoms with E-state index in [1.807, 2.05) is 0 Å². The second-order valence-electron chi connectivity index (χ2n) is 3.54. The third-order valence-electron chi connectivity index (χ3n) is 2.22. The number of hydrogen-bond donors (Lipinski definition) is 3. The van der Waals surface area contributed by atoms with Crippen LogP contribution in [0.4, 0.5) is 0 Å². The number of nitrogens with two attached hydrogens (primary N) is 1. The molecule has 0 atom stereocenters. The normalized spacial score (nSPS) is 10.1. The van der Waals surface area contributed by atoms with Gasteiger partial charge < -0.3 is 15.6 Å². The summed E-state index contributed by atoms with van der Waals surface area (Å²) in [4.78, 5) is 7.90. The Morgan fingerprint density at radius 1 is 1.28 bits per heavy atom. The van der Waals surface area contributed by atoms with Crippen LogP contribution in [0.1, 0.15) is 11.3 Å². The van der Waals surface area contributed by atoms with Crippen LogP contribution in [0.3, 0.4) is 0 Å². The average Bonchev–Trinajstić information content (AvgIpc) is 2.40. The van der Waals surface area contributed by atoms with E-state index in [0.717, 1.165) is 5.56 Å². The van der Waals surface area contributed by atoms with Gasteiger partial charge in [-0.2, -0.15) is 4.98 Å². The number of rotatable bonds is 4. The van der Waals surface area contributed by atoms with E-state index in [4.69, 9.17) is 21.0 Å². The first-order valence-electron chi connectivity index (χ1n) is 5.24. The Morgan fingerprint density at radius 3 is 2.61 bits per heavy atom. The summed E-state index contributed by atoms with van der Waals surface area (Å²) in [6, 6.07) is 8.54. The molecule has 0 amide bonds. The molecule has 0 aliphatic heterocycles. The fourth-order valence-electron chi connectivity index (χ4n) is 1.31. The third kappa shape index (κ3) is 2.80. The first-order valence-corrected chi connectivity index (χ1v) is 5.24. The molecule has 0 bridgehead atoms. The second-order valence-corrected chi connectivity index (χ2v) is 3.54. The monoisotopic (exact) mass is 244 g/mol. The molecule has 0 fully saturated rings. The summed E-state index contributed by atoms with van der Waals surface area (Å²) in [7, 11) is 0. The van der Waals surface area contributed by atoms with Crippen molar-refractivity contribution in [3.05, 3.63) is 47.8 Å². The molecule has 0 aliphatic carbocycles. The highest BCUT2D eigenvalue weighted by atomic mass is 16.5. The van der Waals surface area contributed by atoms with Crippen molar-refractivity contribution in [2.24, 2.45) is 5.73 Å². The molecule has 0 saturated heterocycles. The molecule has 0 radical (unpaired) electrons. The van der Waals surface area contributed by atoms with E-state index in [1.165, 1.54) is 12.3 Å². The number of hydrogen-bond acceptors (Lipinski definition) is 5. The number of aliphatic hydroxyl groups is 1. The van der Waals surface area contributed by atoms with Crippen molar-refractivity contribution in [3.63, 3.8) is 0 Å². The van der Waals surface area contributed by atoms with Gasteiger partial charge in [-0.3, -0.25) is 5.41 Å². The maximum atomic E-state index is 8.91. The molecule has 6 nitrogen and oxygen atoms in total. The van der Waals surface area contributed by atoms with Crippen LogP contribution in [-0.4, -0.2) is 20.9 Å². The minimum Gasteiger partial charge on any atom is -0.424 e. The Balaban J connectivity index is 2.17. The predicted octanol–water partition coefficient (Wildman–Crippen LogP) is 1.05. The molecule has 1 aromatic carbocycles. The van der Waals surface area contributed by atoms with Crippen molar-refractivity contribution >= 4 is 5.84 Å². The molecule has 0 aliphatic rings. The molecule has 92 valence electrons. The topological polar surface area (TPSA) is 105 Å². The van der Waals surface area contributed by atoms with E-state index in [2.05, 4.69) is 9.97 Å². The Bertz CT molecular complexity index is 554. The van der Waals surface area contributed by atoms with E-state index >= 15 is 0 Å². The van der Waals surface area contributed by atoms with Gasteiger partial charge in [0.2, 0.25) is 0 Å². The van der Waals surface area contributed by atoms with Crippen LogP contribution in [0.15, 0.2) is 36.5 Å². The van der Waals surface area contributed by atoms with Crippen LogP contribution in [0.5, 0.6) is 11.8 Å². The highest BCUT2D eigenvalue weighted by molar-refractivity contribution is 5.92. The largest absolute Gasteiger partial charge is 0.424 e. The number of aromatic nitrogens is 2. The van der Waals surface area contributed by atoms with Crippen LogP contribution in [0.2, 0.25) is 0 Å². The summed E-state index contributed by atoms with van der Waals surface area (Å²) >= 11 is 0.